The molecule has 1 aliphatic carbocycles. The predicted octanol–water partition coefficient (Wildman–Crippen LogP) is 4.64. The average molecular weight is 182 g/mol. The lowest BCUT2D eigenvalue weighted by molar-refractivity contribution is 0.262. The lowest BCUT2D eigenvalue weighted by Crippen LogP contribution is -2.13. The zero-order chi connectivity index (χ0) is 9.68. The quantitative estimate of drug-likeness (QED) is 0.594. The molecule has 0 radical (unpaired) electrons. The summed E-state index contributed by atoms with van der Waals surface area (Å²) in [5.41, 5.74) is 0. The highest BCUT2D eigenvalue weighted by molar-refractivity contribution is 4.70. The van der Waals surface area contributed by atoms with E-state index in [9.17, 15) is 0 Å². The summed E-state index contributed by atoms with van der Waals surface area (Å²) < 4.78 is 0. The van der Waals surface area contributed by atoms with Crippen molar-refractivity contribution in [3.05, 3.63) is 0 Å². The first-order valence-corrected chi connectivity index (χ1v) is 6.22. The first-order valence-electron chi connectivity index (χ1n) is 6.22. The van der Waals surface area contributed by atoms with Gasteiger partial charge in [-0.05, 0) is 17.8 Å². The van der Waals surface area contributed by atoms with Gasteiger partial charge in [0.05, 0.1) is 0 Å². The van der Waals surface area contributed by atoms with Gasteiger partial charge in [-0.2, -0.15) is 0 Å². The van der Waals surface area contributed by atoms with E-state index in [1.807, 2.05) is 0 Å². The lowest BCUT2D eigenvalue weighted by Gasteiger charge is -2.26. The SMILES string of the molecule is CCC(C)CCC1CCC(C)CC1. The van der Waals surface area contributed by atoms with E-state index in [4.69, 9.17) is 0 Å². The van der Waals surface area contributed by atoms with Crippen molar-refractivity contribution in [2.75, 3.05) is 0 Å². The molecule has 1 saturated carbocycles. The third-order valence-corrected chi connectivity index (χ3v) is 3.90. The van der Waals surface area contributed by atoms with Gasteiger partial charge >= 0.3 is 0 Å². The molecular weight excluding hydrogens is 156 g/mol. The monoisotopic (exact) mass is 182 g/mol. The molecule has 0 N–H and O–H groups in total. The highest BCUT2D eigenvalue weighted by Gasteiger charge is 2.18. The maximum absolute atomic E-state index is 2.41. The molecule has 0 heterocycles. The minimum atomic E-state index is 0.958. The number of hydrogen-bond acceptors (Lipinski definition) is 0. The van der Waals surface area contributed by atoms with Crippen molar-refractivity contribution < 1.29 is 0 Å². The Morgan fingerprint density at radius 3 is 2.31 bits per heavy atom. The Kier molecular flexibility index (Phi) is 4.83. The van der Waals surface area contributed by atoms with Crippen LogP contribution in [0.2, 0.25) is 0 Å². The van der Waals surface area contributed by atoms with E-state index in [0.717, 1.165) is 17.8 Å². The Labute approximate surface area is 84.1 Å². The molecule has 1 aliphatic rings. The van der Waals surface area contributed by atoms with E-state index in [1.165, 1.54) is 44.9 Å². The van der Waals surface area contributed by atoms with Gasteiger partial charge in [-0.25, -0.2) is 0 Å². The summed E-state index contributed by atoms with van der Waals surface area (Å²) in [4.78, 5) is 0. The third kappa shape index (κ3) is 4.15. The van der Waals surface area contributed by atoms with Crippen molar-refractivity contribution in [3.63, 3.8) is 0 Å². The summed E-state index contributed by atoms with van der Waals surface area (Å²) >= 11 is 0. The molecule has 0 heteroatoms. The molecule has 1 unspecified atom stereocenters. The van der Waals surface area contributed by atoms with Crippen LogP contribution in [0.4, 0.5) is 0 Å². The average Bonchev–Trinajstić information content (AvgIpc) is 2.16. The van der Waals surface area contributed by atoms with Gasteiger partial charge in [-0.15, -0.1) is 0 Å². The van der Waals surface area contributed by atoms with Crippen LogP contribution in [-0.2, 0) is 0 Å². The maximum atomic E-state index is 2.41. The highest BCUT2D eigenvalue weighted by atomic mass is 14.2. The minimum absolute atomic E-state index is 0.958. The smallest absolute Gasteiger partial charge is 0.0414 e. The van der Waals surface area contributed by atoms with E-state index in [-0.39, 0.29) is 0 Å². The van der Waals surface area contributed by atoms with Gasteiger partial charge in [0.1, 0.15) is 0 Å². The first kappa shape index (κ1) is 11.1. The van der Waals surface area contributed by atoms with E-state index in [1.54, 1.807) is 0 Å². The maximum Gasteiger partial charge on any atom is -0.0414 e. The van der Waals surface area contributed by atoms with Crippen molar-refractivity contribution in [1.29, 1.82) is 0 Å². The highest BCUT2D eigenvalue weighted by Crippen LogP contribution is 2.32. The molecule has 0 aromatic rings. The van der Waals surface area contributed by atoms with E-state index in [0.29, 0.717) is 0 Å². The van der Waals surface area contributed by atoms with Gasteiger partial charge in [-0.1, -0.05) is 65.7 Å². The Morgan fingerprint density at radius 2 is 1.77 bits per heavy atom. The standard InChI is InChI=1S/C13H26/c1-4-11(2)5-8-13-9-6-12(3)7-10-13/h11-13H,4-10H2,1-3H3. The number of hydrogen-bond donors (Lipinski definition) is 0. The van der Waals surface area contributed by atoms with Gasteiger partial charge < -0.3 is 0 Å². The van der Waals surface area contributed by atoms with Crippen LogP contribution < -0.4 is 0 Å². The fourth-order valence-electron chi connectivity index (χ4n) is 2.34. The fourth-order valence-corrected chi connectivity index (χ4v) is 2.34. The minimum Gasteiger partial charge on any atom is -0.0651 e. The molecule has 0 nitrogen and oxygen atoms in total. The summed E-state index contributed by atoms with van der Waals surface area (Å²) in [6.45, 7) is 7.12. The van der Waals surface area contributed by atoms with Crippen LogP contribution >= 0.6 is 0 Å². The zero-order valence-electron chi connectivity index (χ0n) is 9.68. The second kappa shape index (κ2) is 5.67. The second-order valence-electron chi connectivity index (χ2n) is 5.22. The molecule has 0 amide bonds. The van der Waals surface area contributed by atoms with Gasteiger partial charge in [0.15, 0.2) is 0 Å². The summed E-state index contributed by atoms with van der Waals surface area (Å²) in [6.07, 6.45) is 10.3. The Bertz CT molecular complexity index is 120. The van der Waals surface area contributed by atoms with Gasteiger partial charge in [0.25, 0.3) is 0 Å². The second-order valence-corrected chi connectivity index (χ2v) is 5.22. The van der Waals surface area contributed by atoms with Crippen molar-refractivity contribution in [3.8, 4) is 0 Å². The predicted molar refractivity (Wildman–Crippen MR) is 59.8 cm³/mol. The van der Waals surface area contributed by atoms with E-state index in [2.05, 4.69) is 20.8 Å². The Morgan fingerprint density at radius 1 is 1.15 bits per heavy atom. The van der Waals surface area contributed by atoms with Crippen molar-refractivity contribution in [1.82, 2.24) is 0 Å². The molecule has 0 aromatic heterocycles. The molecule has 1 fully saturated rings. The van der Waals surface area contributed by atoms with Crippen LogP contribution in [0.15, 0.2) is 0 Å². The molecule has 0 bridgehead atoms. The van der Waals surface area contributed by atoms with Gasteiger partial charge in [0, 0.05) is 0 Å². The topological polar surface area (TPSA) is 0 Å². The normalized spacial score (nSPS) is 31.6. The molecule has 1 atom stereocenters. The van der Waals surface area contributed by atoms with E-state index >= 15 is 0 Å². The fraction of sp³-hybridized carbons (Fsp3) is 1.00. The molecule has 13 heavy (non-hydrogen) atoms. The third-order valence-electron chi connectivity index (χ3n) is 3.90. The van der Waals surface area contributed by atoms with Gasteiger partial charge in [-0.3, -0.25) is 0 Å². The molecule has 0 aliphatic heterocycles. The first-order chi connectivity index (χ1) is 6.22. The van der Waals surface area contributed by atoms with Crippen LogP contribution in [0.3, 0.4) is 0 Å². The summed E-state index contributed by atoms with van der Waals surface area (Å²) in [7, 11) is 0. The summed E-state index contributed by atoms with van der Waals surface area (Å²) in [5.74, 6) is 3.05. The summed E-state index contributed by atoms with van der Waals surface area (Å²) in [6, 6.07) is 0. The molecule has 0 spiro atoms. The molecule has 0 saturated heterocycles. The largest absolute Gasteiger partial charge is 0.0651 e. The van der Waals surface area contributed by atoms with Crippen LogP contribution in [0, 0.1) is 17.8 Å². The zero-order valence-corrected chi connectivity index (χ0v) is 9.68. The van der Waals surface area contributed by atoms with Crippen molar-refractivity contribution in [2.45, 2.75) is 65.7 Å². The summed E-state index contributed by atoms with van der Waals surface area (Å²) in [5, 5.41) is 0. The molecule has 1 rings (SSSR count). The van der Waals surface area contributed by atoms with Crippen molar-refractivity contribution in [2.24, 2.45) is 17.8 Å². The van der Waals surface area contributed by atoms with Crippen molar-refractivity contribution >= 4 is 0 Å². The molecule has 78 valence electrons. The van der Waals surface area contributed by atoms with Crippen LogP contribution in [0.5, 0.6) is 0 Å². The Balaban J connectivity index is 2.08. The van der Waals surface area contributed by atoms with Gasteiger partial charge in [0.2, 0.25) is 0 Å². The van der Waals surface area contributed by atoms with E-state index < -0.39 is 0 Å². The van der Waals surface area contributed by atoms with Crippen LogP contribution in [0.25, 0.3) is 0 Å². The van der Waals surface area contributed by atoms with Crippen LogP contribution in [0.1, 0.15) is 65.7 Å². The Hall–Kier alpha value is 0. The molecule has 0 aromatic carbocycles. The van der Waals surface area contributed by atoms with Crippen LogP contribution in [-0.4, -0.2) is 0 Å². The lowest BCUT2D eigenvalue weighted by atomic mass is 9.80. The molecular formula is C13H26. The number of rotatable bonds is 4.